The molecule has 2 N–H and O–H groups in total. The third-order valence-corrected chi connectivity index (χ3v) is 2.57. The molecule has 0 atom stereocenters. The fourth-order valence-corrected chi connectivity index (χ4v) is 1.65. The molecular weight excluding hydrogens is 226 g/mol. The summed E-state index contributed by atoms with van der Waals surface area (Å²) >= 11 is 1.08. The van der Waals surface area contributed by atoms with Crippen LogP contribution < -0.4 is 5.32 Å². The van der Waals surface area contributed by atoms with Gasteiger partial charge in [-0.1, -0.05) is 16.1 Å². The summed E-state index contributed by atoms with van der Waals surface area (Å²) in [5.74, 6) is -0.409. The average molecular weight is 235 g/mol. The Morgan fingerprint density at radius 1 is 1.50 bits per heavy atom. The van der Waals surface area contributed by atoms with Crippen LogP contribution in [0.25, 0.3) is 0 Å². The van der Waals surface area contributed by atoms with Gasteiger partial charge in [0.25, 0.3) is 5.91 Å². The molecule has 0 saturated heterocycles. The number of rotatable bonds is 2. The Morgan fingerprint density at radius 3 is 3.00 bits per heavy atom. The predicted octanol–water partition coefficient (Wildman–Crippen LogP) is 1.80. The molecule has 0 aliphatic carbocycles. The van der Waals surface area contributed by atoms with Crippen molar-refractivity contribution in [1.29, 1.82) is 0 Å². The van der Waals surface area contributed by atoms with Crippen molar-refractivity contribution in [2.75, 3.05) is 5.32 Å². The van der Waals surface area contributed by atoms with Crippen molar-refractivity contribution in [2.45, 2.75) is 6.92 Å². The smallest absolute Gasteiger partial charge is 0.260 e. The highest BCUT2D eigenvalue weighted by Gasteiger charge is 2.12. The van der Waals surface area contributed by atoms with Crippen LogP contribution in [0.15, 0.2) is 24.4 Å². The quantitative estimate of drug-likeness (QED) is 0.832. The Bertz CT molecular complexity index is 511. The van der Waals surface area contributed by atoms with Gasteiger partial charge in [-0.15, -0.1) is 5.10 Å². The van der Waals surface area contributed by atoms with E-state index in [9.17, 15) is 9.90 Å². The highest BCUT2D eigenvalue weighted by Crippen LogP contribution is 2.20. The largest absolute Gasteiger partial charge is 0.507 e. The molecule has 0 fully saturated rings. The third-order valence-electron chi connectivity index (χ3n) is 1.99. The van der Waals surface area contributed by atoms with Crippen molar-refractivity contribution < 1.29 is 9.90 Å². The summed E-state index contributed by atoms with van der Waals surface area (Å²) < 4.78 is 3.62. The summed E-state index contributed by atoms with van der Waals surface area (Å²) in [4.78, 5) is 11.8. The maximum Gasteiger partial charge on any atom is 0.260 e. The zero-order valence-electron chi connectivity index (χ0n) is 8.47. The first-order chi connectivity index (χ1) is 7.66. The lowest BCUT2D eigenvalue weighted by atomic mass is 10.1. The van der Waals surface area contributed by atoms with Crippen LogP contribution in [0, 0.1) is 6.92 Å². The van der Waals surface area contributed by atoms with E-state index in [1.165, 1.54) is 12.3 Å². The van der Waals surface area contributed by atoms with Gasteiger partial charge in [0.2, 0.25) is 0 Å². The van der Waals surface area contributed by atoms with Gasteiger partial charge in [-0.3, -0.25) is 4.79 Å². The van der Waals surface area contributed by atoms with Crippen molar-refractivity contribution in [3.8, 4) is 5.75 Å². The lowest BCUT2D eigenvalue weighted by Gasteiger charge is -2.04. The van der Waals surface area contributed by atoms with E-state index in [4.69, 9.17) is 0 Å². The van der Waals surface area contributed by atoms with E-state index in [0.717, 1.165) is 17.1 Å². The lowest BCUT2D eigenvalue weighted by molar-refractivity contribution is 0.102. The molecular formula is C10H9N3O2S. The summed E-state index contributed by atoms with van der Waals surface area (Å²) in [6, 6.07) is 4.86. The minimum Gasteiger partial charge on any atom is -0.507 e. The maximum absolute atomic E-state index is 11.8. The fourth-order valence-electron chi connectivity index (χ4n) is 1.23. The highest BCUT2D eigenvalue weighted by molar-refractivity contribution is 7.10. The Kier molecular flexibility index (Phi) is 2.82. The van der Waals surface area contributed by atoms with Gasteiger partial charge in [0.05, 0.1) is 11.8 Å². The number of hydrogen-bond donors (Lipinski definition) is 2. The van der Waals surface area contributed by atoms with Crippen molar-refractivity contribution in [1.82, 2.24) is 9.59 Å². The third kappa shape index (κ3) is 2.17. The van der Waals surface area contributed by atoms with Crippen LogP contribution in [-0.2, 0) is 0 Å². The van der Waals surface area contributed by atoms with Crippen LogP contribution >= 0.6 is 11.5 Å². The summed E-state index contributed by atoms with van der Waals surface area (Å²) in [6.45, 7) is 1.85. The van der Waals surface area contributed by atoms with Gasteiger partial charge in [-0.25, -0.2) is 0 Å². The molecule has 0 spiro atoms. The molecule has 0 unspecified atom stereocenters. The van der Waals surface area contributed by atoms with Crippen molar-refractivity contribution in [3.63, 3.8) is 0 Å². The minimum atomic E-state index is -0.368. The van der Waals surface area contributed by atoms with Gasteiger partial charge in [0, 0.05) is 11.5 Å². The number of benzene rings is 1. The van der Waals surface area contributed by atoms with E-state index in [1.807, 2.05) is 6.92 Å². The van der Waals surface area contributed by atoms with E-state index in [2.05, 4.69) is 14.9 Å². The molecule has 1 heterocycles. The van der Waals surface area contributed by atoms with Crippen LogP contribution in [0.5, 0.6) is 5.75 Å². The molecule has 6 heteroatoms. The van der Waals surface area contributed by atoms with E-state index in [1.54, 1.807) is 12.1 Å². The van der Waals surface area contributed by atoms with E-state index >= 15 is 0 Å². The van der Waals surface area contributed by atoms with Gasteiger partial charge in [0.1, 0.15) is 10.8 Å². The number of amides is 1. The number of hydrogen-bond acceptors (Lipinski definition) is 5. The number of aromatic hydroxyl groups is 1. The second-order valence-corrected chi connectivity index (χ2v) is 4.04. The van der Waals surface area contributed by atoms with Crippen molar-refractivity contribution in [2.24, 2.45) is 0 Å². The number of phenols is 1. The summed E-state index contributed by atoms with van der Waals surface area (Å²) in [6.07, 6.45) is 1.45. The second-order valence-electron chi connectivity index (χ2n) is 3.26. The molecule has 2 aromatic rings. The number of nitrogens with one attached hydrogen (secondary N) is 1. The molecule has 2 rings (SSSR count). The first-order valence-corrected chi connectivity index (χ1v) is 5.32. The maximum atomic E-state index is 11.8. The number of nitrogens with zero attached hydrogens (tertiary/aromatic N) is 2. The summed E-state index contributed by atoms with van der Waals surface area (Å²) in [7, 11) is 0. The monoisotopic (exact) mass is 235 g/mol. The zero-order chi connectivity index (χ0) is 11.5. The number of carbonyl (C=O) groups is 1. The Labute approximate surface area is 95.9 Å². The van der Waals surface area contributed by atoms with Crippen LogP contribution in [0.4, 0.5) is 5.00 Å². The molecule has 5 nitrogen and oxygen atoms in total. The normalized spacial score (nSPS) is 10.1. The first-order valence-electron chi connectivity index (χ1n) is 4.55. The first kappa shape index (κ1) is 10.6. The SMILES string of the molecule is Cc1ccc(O)c(C(=O)Nc2cnns2)c1. The molecule has 1 amide bonds. The minimum absolute atomic E-state index is 0.0411. The van der Waals surface area contributed by atoms with Gasteiger partial charge < -0.3 is 10.4 Å². The van der Waals surface area contributed by atoms with Crippen LogP contribution in [0.1, 0.15) is 15.9 Å². The van der Waals surface area contributed by atoms with Crippen molar-refractivity contribution in [3.05, 3.63) is 35.5 Å². The van der Waals surface area contributed by atoms with E-state index in [0.29, 0.717) is 5.00 Å². The standard InChI is InChI=1S/C10H9N3O2S/c1-6-2-3-8(14)7(4-6)10(15)12-9-5-11-13-16-9/h2-5,14H,1H3,(H,12,15). The number of anilines is 1. The Balaban J connectivity index is 2.24. The van der Waals surface area contributed by atoms with Crippen LogP contribution in [0.2, 0.25) is 0 Å². The number of aromatic nitrogens is 2. The molecule has 0 aliphatic rings. The van der Waals surface area contributed by atoms with Gasteiger partial charge in [-0.2, -0.15) is 0 Å². The predicted molar refractivity (Wildman–Crippen MR) is 60.7 cm³/mol. The van der Waals surface area contributed by atoms with E-state index in [-0.39, 0.29) is 17.2 Å². The topological polar surface area (TPSA) is 75.1 Å². The molecule has 1 aromatic heterocycles. The molecule has 16 heavy (non-hydrogen) atoms. The van der Waals surface area contributed by atoms with Crippen LogP contribution in [0.3, 0.4) is 0 Å². The number of phenolic OH excluding ortho intramolecular Hbond substituents is 1. The van der Waals surface area contributed by atoms with Gasteiger partial charge >= 0.3 is 0 Å². The van der Waals surface area contributed by atoms with Crippen molar-refractivity contribution >= 4 is 22.4 Å². The summed E-state index contributed by atoms with van der Waals surface area (Å²) in [5, 5.41) is 16.3. The number of aryl methyl sites for hydroxylation is 1. The van der Waals surface area contributed by atoms with Gasteiger partial charge in [0.15, 0.2) is 0 Å². The molecule has 82 valence electrons. The molecule has 0 bridgehead atoms. The van der Waals surface area contributed by atoms with Gasteiger partial charge in [-0.05, 0) is 19.1 Å². The second kappa shape index (κ2) is 4.28. The number of carbonyl (C=O) groups excluding carboxylic acids is 1. The van der Waals surface area contributed by atoms with E-state index < -0.39 is 0 Å². The molecule has 1 aromatic carbocycles. The van der Waals surface area contributed by atoms with Crippen LogP contribution in [-0.4, -0.2) is 20.6 Å². The Morgan fingerprint density at radius 2 is 2.31 bits per heavy atom. The zero-order valence-corrected chi connectivity index (χ0v) is 9.28. The Hall–Kier alpha value is -1.95. The molecule has 0 radical (unpaired) electrons. The lowest BCUT2D eigenvalue weighted by Crippen LogP contribution is -2.11. The fraction of sp³-hybridized carbons (Fsp3) is 0.100. The molecule has 0 saturated carbocycles. The average Bonchev–Trinajstić information content (AvgIpc) is 2.74. The summed E-state index contributed by atoms with van der Waals surface area (Å²) in [5.41, 5.74) is 1.15. The highest BCUT2D eigenvalue weighted by atomic mass is 32.1. The molecule has 0 aliphatic heterocycles.